The van der Waals surface area contributed by atoms with E-state index in [1.165, 1.54) is 19.3 Å². The second-order valence-electron chi connectivity index (χ2n) is 3.86. The zero-order valence-corrected chi connectivity index (χ0v) is 9.37. The number of carbonyl (C=O) groups is 2. The molecule has 0 aliphatic rings. The Bertz CT molecular complexity index is 154. The van der Waals surface area contributed by atoms with Gasteiger partial charge >= 0.3 is 0 Å². The summed E-state index contributed by atoms with van der Waals surface area (Å²) in [6, 6.07) is 0. The Morgan fingerprint density at radius 1 is 0.929 bits per heavy atom. The van der Waals surface area contributed by atoms with Crippen molar-refractivity contribution in [1.82, 2.24) is 0 Å². The van der Waals surface area contributed by atoms with E-state index >= 15 is 0 Å². The molecule has 2 unspecified atom stereocenters. The summed E-state index contributed by atoms with van der Waals surface area (Å²) in [5, 5.41) is 0. The summed E-state index contributed by atoms with van der Waals surface area (Å²) in [6.45, 7) is 4.12. The Hall–Kier alpha value is -0.660. The van der Waals surface area contributed by atoms with Crippen LogP contribution in [-0.2, 0) is 9.59 Å². The normalized spacial score (nSPS) is 14.7. The summed E-state index contributed by atoms with van der Waals surface area (Å²) in [6.07, 6.45) is 8.21. The van der Waals surface area contributed by atoms with Crippen LogP contribution in [0.5, 0.6) is 0 Å². The zero-order chi connectivity index (χ0) is 10.8. The molecule has 14 heavy (non-hydrogen) atoms. The highest BCUT2D eigenvalue weighted by atomic mass is 16.1. The van der Waals surface area contributed by atoms with Crippen LogP contribution < -0.4 is 0 Å². The molecule has 82 valence electrons. The molecular formula is C12H22O2. The molecule has 2 atom stereocenters. The van der Waals surface area contributed by atoms with Crippen molar-refractivity contribution >= 4 is 12.6 Å². The van der Waals surface area contributed by atoms with E-state index in [0.29, 0.717) is 0 Å². The van der Waals surface area contributed by atoms with Gasteiger partial charge in [-0.05, 0) is 12.8 Å². The third-order valence-electron chi connectivity index (χ3n) is 2.76. The van der Waals surface area contributed by atoms with Gasteiger partial charge in [-0.2, -0.15) is 0 Å². The maximum absolute atomic E-state index is 10.8. The summed E-state index contributed by atoms with van der Waals surface area (Å²) in [5.74, 6) is -0.108. The van der Waals surface area contributed by atoms with E-state index in [-0.39, 0.29) is 11.8 Å². The number of aldehydes is 2. The molecule has 0 heterocycles. The van der Waals surface area contributed by atoms with Crippen LogP contribution in [0.1, 0.15) is 52.4 Å². The van der Waals surface area contributed by atoms with Gasteiger partial charge in [0.25, 0.3) is 0 Å². The van der Waals surface area contributed by atoms with Crippen molar-refractivity contribution in [3.8, 4) is 0 Å². The molecule has 0 aromatic carbocycles. The van der Waals surface area contributed by atoms with Crippen LogP contribution in [0.25, 0.3) is 0 Å². The second kappa shape index (κ2) is 8.92. The fourth-order valence-electron chi connectivity index (χ4n) is 1.69. The van der Waals surface area contributed by atoms with Crippen LogP contribution in [0.2, 0.25) is 0 Å². The summed E-state index contributed by atoms with van der Waals surface area (Å²) in [4.78, 5) is 21.4. The molecule has 0 radical (unpaired) electrons. The minimum absolute atomic E-state index is 0.0469. The number of rotatable bonds is 9. The fraction of sp³-hybridized carbons (Fsp3) is 0.833. The smallest absolute Gasteiger partial charge is 0.123 e. The summed E-state index contributed by atoms with van der Waals surface area (Å²) in [5.41, 5.74) is 0. The van der Waals surface area contributed by atoms with Gasteiger partial charge in [0, 0.05) is 11.8 Å². The van der Waals surface area contributed by atoms with Crippen molar-refractivity contribution in [2.45, 2.75) is 52.4 Å². The average Bonchev–Trinajstić information content (AvgIpc) is 2.23. The van der Waals surface area contributed by atoms with Gasteiger partial charge in [-0.3, -0.25) is 0 Å². The molecule has 0 spiro atoms. The van der Waals surface area contributed by atoms with E-state index in [1.807, 2.05) is 6.92 Å². The lowest BCUT2D eigenvalue weighted by atomic mass is 9.88. The lowest BCUT2D eigenvalue weighted by Gasteiger charge is -2.15. The molecule has 0 saturated carbocycles. The van der Waals surface area contributed by atoms with Crippen molar-refractivity contribution in [2.75, 3.05) is 0 Å². The number of carbonyl (C=O) groups excluding carboxylic acids is 2. The lowest BCUT2D eigenvalue weighted by Crippen LogP contribution is -2.16. The predicted molar refractivity (Wildman–Crippen MR) is 58.2 cm³/mol. The van der Waals surface area contributed by atoms with Crippen molar-refractivity contribution in [3.05, 3.63) is 0 Å². The Labute approximate surface area is 87.1 Å². The van der Waals surface area contributed by atoms with E-state index in [9.17, 15) is 9.59 Å². The topological polar surface area (TPSA) is 34.1 Å². The maximum atomic E-state index is 10.8. The Morgan fingerprint density at radius 2 is 1.57 bits per heavy atom. The molecule has 0 aliphatic heterocycles. The molecule has 0 saturated heterocycles. The first kappa shape index (κ1) is 13.3. The molecule has 0 aromatic heterocycles. The first-order chi connectivity index (χ1) is 6.79. The van der Waals surface area contributed by atoms with Gasteiger partial charge in [-0.15, -0.1) is 0 Å². The fourth-order valence-corrected chi connectivity index (χ4v) is 1.69. The number of hydrogen-bond donors (Lipinski definition) is 0. The Kier molecular flexibility index (Phi) is 8.50. The van der Waals surface area contributed by atoms with Crippen molar-refractivity contribution < 1.29 is 9.59 Å². The van der Waals surface area contributed by atoms with Crippen molar-refractivity contribution in [1.29, 1.82) is 0 Å². The van der Waals surface area contributed by atoms with Crippen LogP contribution in [0, 0.1) is 11.8 Å². The number of unbranched alkanes of at least 4 members (excludes halogenated alkanes) is 3. The van der Waals surface area contributed by atoms with Gasteiger partial charge in [0.1, 0.15) is 12.6 Å². The number of hydrogen-bond acceptors (Lipinski definition) is 2. The standard InChI is InChI=1S/C12H22O2/c1-3-5-6-7-8-12(10-14)11(4-2)9-13/h9-12H,3-8H2,1-2H3. The molecule has 0 rings (SSSR count). The largest absolute Gasteiger partial charge is 0.303 e. The Balaban J connectivity index is 3.77. The zero-order valence-electron chi connectivity index (χ0n) is 9.37. The van der Waals surface area contributed by atoms with E-state index in [1.54, 1.807) is 0 Å². The van der Waals surface area contributed by atoms with Crippen molar-refractivity contribution in [2.24, 2.45) is 11.8 Å². The quantitative estimate of drug-likeness (QED) is 0.421. The highest BCUT2D eigenvalue weighted by Gasteiger charge is 2.17. The van der Waals surface area contributed by atoms with Gasteiger partial charge in [-0.25, -0.2) is 0 Å². The monoisotopic (exact) mass is 198 g/mol. The molecule has 2 nitrogen and oxygen atoms in total. The van der Waals surface area contributed by atoms with Crippen LogP contribution in [0.15, 0.2) is 0 Å². The van der Waals surface area contributed by atoms with Crippen LogP contribution >= 0.6 is 0 Å². The van der Waals surface area contributed by atoms with E-state index < -0.39 is 0 Å². The molecule has 0 fully saturated rings. The van der Waals surface area contributed by atoms with Gasteiger partial charge in [0.05, 0.1) is 0 Å². The SMILES string of the molecule is CCCCCCC(C=O)C(C=O)CC. The maximum Gasteiger partial charge on any atom is 0.123 e. The van der Waals surface area contributed by atoms with Crippen LogP contribution in [0.3, 0.4) is 0 Å². The van der Waals surface area contributed by atoms with E-state index in [2.05, 4.69) is 6.92 Å². The molecule has 0 bridgehead atoms. The minimum atomic E-state index is -0.0610. The highest BCUT2D eigenvalue weighted by Crippen LogP contribution is 2.18. The minimum Gasteiger partial charge on any atom is -0.303 e. The van der Waals surface area contributed by atoms with Crippen LogP contribution in [0.4, 0.5) is 0 Å². The molecule has 2 heteroatoms. The summed E-state index contributed by atoms with van der Waals surface area (Å²) >= 11 is 0. The van der Waals surface area contributed by atoms with Gasteiger partial charge in [0.2, 0.25) is 0 Å². The molecule has 0 N–H and O–H groups in total. The van der Waals surface area contributed by atoms with Gasteiger partial charge in [-0.1, -0.05) is 39.5 Å². The first-order valence-corrected chi connectivity index (χ1v) is 5.70. The van der Waals surface area contributed by atoms with Crippen LogP contribution in [-0.4, -0.2) is 12.6 Å². The first-order valence-electron chi connectivity index (χ1n) is 5.70. The average molecular weight is 198 g/mol. The van der Waals surface area contributed by atoms with Gasteiger partial charge < -0.3 is 9.59 Å². The van der Waals surface area contributed by atoms with Gasteiger partial charge in [0.15, 0.2) is 0 Å². The lowest BCUT2D eigenvalue weighted by molar-refractivity contribution is -0.119. The Morgan fingerprint density at radius 3 is 2.00 bits per heavy atom. The summed E-state index contributed by atoms with van der Waals surface area (Å²) in [7, 11) is 0. The molecular weight excluding hydrogens is 176 g/mol. The molecule has 0 aliphatic carbocycles. The third-order valence-corrected chi connectivity index (χ3v) is 2.76. The van der Waals surface area contributed by atoms with E-state index in [0.717, 1.165) is 31.8 Å². The van der Waals surface area contributed by atoms with Crippen molar-refractivity contribution in [3.63, 3.8) is 0 Å². The molecule has 0 amide bonds. The third kappa shape index (κ3) is 5.15. The summed E-state index contributed by atoms with van der Waals surface area (Å²) < 4.78 is 0. The predicted octanol–water partition coefficient (Wildman–Crippen LogP) is 3.00. The molecule has 0 aromatic rings. The van der Waals surface area contributed by atoms with E-state index in [4.69, 9.17) is 0 Å². The second-order valence-corrected chi connectivity index (χ2v) is 3.86. The highest BCUT2D eigenvalue weighted by molar-refractivity contribution is 5.64.